The first-order valence-corrected chi connectivity index (χ1v) is 16.8. The Morgan fingerprint density at radius 2 is 1.46 bits per heavy atom. The molecule has 240 valence electrons. The molecule has 0 heterocycles. The van der Waals surface area contributed by atoms with Crippen LogP contribution in [0.1, 0.15) is 36.8 Å². The molecule has 10 heteroatoms. The zero-order valence-corrected chi connectivity index (χ0v) is 26.5. The van der Waals surface area contributed by atoms with E-state index in [4.69, 9.17) is 4.74 Å². The summed E-state index contributed by atoms with van der Waals surface area (Å²) in [5.41, 5.74) is 1.61. The molecule has 8 nitrogen and oxygen atoms in total. The molecule has 0 radical (unpaired) electrons. The quantitative estimate of drug-likeness (QED) is 0.201. The van der Waals surface area contributed by atoms with E-state index in [9.17, 15) is 22.4 Å². The van der Waals surface area contributed by atoms with Gasteiger partial charge in [-0.15, -0.1) is 0 Å². The fourth-order valence-electron chi connectivity index (χ4n) is 5.78. The average Bonchev–Trinajstić information content (AvgIpc) is 3.59. The second-order valence-electron chi connectivity index (χ2n) is 11.3. The van der Waals surface area contributed by atoms with E-state index >= 15 is 0 Å². The van der Waals surface area contributed by atoms with Crippen LogP contribution in [0.2, 0.25) is 0 Å². The van der Waals surface area contributed by atoms with Crippen molar-refractivity contribution >= 4 is 27.5 Å². The van der Waals surface area contributed by atoms with Gasteiger partial charge in [-0.05, 0) is 60.4 Å². The third-order valence-electron chi connectivity index (χ3n) is 8.20. The highest BCUT2D eigenvalue weighted by Gasteiger charge is 2.36. The number of benzene rings is 4. The molecule has 0 bridgehead atoms. The van der Waals surface area contributed by atoms with Gasteiger partial charge >= 0.3 is 0 Å². The van der Waals surface area contributed by atoms with Gasteiger partial charge in [0.25, 0.3) is 10.0 Å². The van der Waals surface area contributed by atoms with Crippen LogP contribution in [0.15, 0.2) is 114 Å². The molecule has 1 aliphatic rings. The normalized spacial score (nSPS) is 14.0. The number of sulfonamides is 1. The first kappa shape index (κ1) is 32.7. The first-order chi connectivity index (χ1) is 22.3. The molecule has 2 amide bonds. The molecule has 1 saturated carbocycles. The summed E-state index contributed by atoms with van der Waals surface area (Å²) < 4.78 is 48.7. The number of methoxy groups -OCH3 is 1. The second kappa shape index (κ2) is 15.1. The minimum Gasteiger partial charge on any atom is -0.495 e. The molecule has 1 aliphatic carbocycles. The number of hydrogen-bond donors (Lipinski definition) is 1. The number of para-hydroxylation sites is 2. The average molecular weight is 644 g/mol. The van der Waals surface area contributed by atoms with E-state index < -0.39 is 34.3 Å². The van der Waals surface area contributed by atoms with Gasteiger partial charge in [-0.25, -0.2) is 12.8 Å². The van der Waals surface area contributed by atoms with Crippen LogP contribution in [-0.4, -0.2) is 50.9 Å². The predicted octanol–water partition coefficient (Wildman–Crippen LogP) is 5.73. The molecule has 5 rings (SSSR count). The molecule has 0 spiro atoms. The fourth-order valence-corrected chi connectivity index (χ4v) is 7.22. The molecule has 46 heavy (non-hydrogen) atoms. The van der Waals surface area contributed by atoms with Gasteiger partial charge in [-0.1, -0.05) is 85.6 Å². The zero-order chi connectivity index (χ0) is 32.5. The Labute approximate surface area is 269 Å². The van der Waals surface area contributed by atoms with Crippen molar-refractivity contribution in [3.8, 4) is 5.75 Å². The van der Waals surface area contributed by atoms with E-state index in [0.29, 0.717) is 5.56 Å². The number of ether oxygens (including phenoxy) is 1. The maximum Gasteiger partial charge on any atom is 0.264 e. The third-order valence-corrected chi connectivity index (χ3v) is 9.98. The molecule has 1 fully saturated rings. The van der Waals surface area contributed by atoms with Gasteiger partial charge in [0, 0.05) is 19.0 Å². The molecule has 1 N–H and O–H groups in total. The first-order valence-electron chi connectivity index (χ1n) is 15.4. The van der Waals surface area contributed by atoms with Crippen LogP contribution in [-0.2, 0) is 32.6 Å². The molecule has 4 aromatic rings. The number of rotatable bonds is 13. The van der Waals surface area contributed by atoms with Crippen LogP contribution in [0, 0.1) is 5.82 Å². The third kappa shape index (κ3) is 7.92. The monoisotopic (exact) mass is 643 g/mol. The van der Waals surface area contributed by atoms with Crippen LogP contribution >= 0.6 is 0 Å². The molecular formula is C36H38FN3O5S. The van der Waals surface area contributed by atoms with Crippen molar-refractivity contribution in [3.63, 3.8) is 0 Å². The van der Waals surface area contributed by atoms with Gasteiger partial charge in [0.05, 0.1) is 17.7 Å². The number of amides is 2. The lowest BCUT2D eigenvalue weighted by Gasteiger charge is -2.34. The maximum atomic E-state index is 14.6. The fraction of sp³-hybridized carbons (Fsp3) is 0.278. The molecule has 4 aromatic carbocycles. The number of nitrogens with one attached hydrogen (secondary N) is 1. The molecular weight excluding hydrogens is 605 g/mol. The number of halogens is 1. The molecule has 1 unspecified atom stereocenters. The standard InChI is InChI=1S/C36H38FN3O5S/c1-45-34-19-11-10-18-32(34)40(46(43,44)31-16-6-3-7-17-31)26-35(41)39(25-28-20-22-29(37)23-21-28)33(24-27-12-4-2-5-13-27)36(42)38-30-14-8-9-15-30/h2-7,10-13,16-23,30,33H,8-9,14-15,24-26H2,1H3,(H,38,42). The summed E-state index contributed by atoms with van der Waals surface area (Å²) in [5.74, 6) is -1.09. The van der Waals surface area contributed by atoms with Gasteiger partial charge in [-0.2, -0.15) is 0 Å². The van der Waals surface area contributed by atoms with Crippen LogP contribution < -0.4 is 14.4 Å². The topological polar surface area (TPSA) is 96.0 Å². The Balaban J connectivity index is 1.58. The summed E-state index contributed by atoms with van der Waals surface area (Å²) in [7, 11) is -2.83. The van der Waals surface area contributed by atoms with Crippen LogP contribution in [0.5, 0.6) is 5.75 Å². The lowest BCUT2D eigenvalue weighted by Crippen LogP contribution is -2.54. The Hall–Kier alpha value is -4.70. The Bertz CT molecular complexity index is 1710. The van der Waals surface area contributed by atoms with Crippen LogP contribution in [0.25, 0.3) is 0 Å². The van der Waals surface area contributed by atoms with E-state index in [1.807, 2.05) is 30.3 Å². The SMILES string of the molecule is COc1ccccc1N(CC(=O)N(Cc1ccc(F)cc1)C(Cc1ccccc1)C(=O)NC1CCCC1)S(=O)(=O)c1ccccc1. The van der Waals surface area contributed by atoms with Crippen molar-refractivity contribution in [1.82, 2.24) is 10.2 Å². The summed E-state index contributed by atoms with van der Waals surface area (Å²) in [5, 5.41) is 3.14. The Morgan fingerprint density at radius 1 is 0.848 bits per heavy atom. The number of nitrogens with zero attached hydrogens (tertiary/aromatic N) is 2. The number of carbonyl (C=O) groups excluding carboxylic acids is 2. The van der Waals surface area contributed by atoms with E-state index in [2.05, 4.69) is 5.32 Å². The Morgan fingerprint density at radius 3 is 2.11 bits per heavy atom. The highest BCUT2D eigenvalue weighted by molar-refractivity contribution is 7.92. The van der Waals surface area contributed by atoms with E-state index in [-0.39, 0.29) is 41.2 Å². The van der Waals surface area contributed by atoms with Crippen molar-refractivity contribution in [2.75, 3.05) is 18.0 Å². The summed E-state index contributed by atoms with van der Waals surface area (Å²) in [4.78, 5) is 30.0. The largest absolute Gasteiger partial charge is 0.495 e. The second-order valence-corrected chi connectivity index (χ2v) is 13.2. The molecule has 1 atom stereocenters. The van der Waals surface area contributed by atoms with Crippen molar-refractivity contribution in [2.24, 2.45) is 0 Å². The van der Waals surface area contributed by atoms with Gasteiger partial charge in [0.1, 0.15) is 24.2 Å². The number of carbonyl (C=O) groups is 2. The van der Waals surface area contributed by atoms with Gasteiger partial charge in [-0.3, -0.25) is 13.9 Å². The smallest absolute Gasteiger partial charge is 0.264 e. The van der Waals surface area contributed by atoms with Gasteiger partial charge < -0.3 is 15.0 Å². The maximum absolute atomic E-state index is 14.6. The van der Waals surface area contributed by atoms with Crippen molar-refractivity contribution in [3.05, 3.63) is 126 Å². The summed E-state index contributed by atoms with van der Waals surface area (Å²) in [6.45, 7) is -0.652. The van der Waals surface area contributed by atoms with E-state index in [1.54, 1.807) is 54.6 Å². The number of hydrogen-bond acceptors (Lipinski definition) is 5. The summed E-state index contributed by atoms with van der Waals surface area (Å²) in [6, 6.07) is 28.5. The minimum atomic E-state index is -4.26. The highest BCUT2D eigenvalue weighted by atomic mass is 32.2. The number of anilines is 1. The lowest BCUT2D eigenvalue weighted by atomic mass is 10.0. The van der Waals surface area contributed by atoms with Crippen molar-refractivity contribution < 1.29 is 27.1 Å². The van der Waals surface area contributed by atoms with E-state index in [0.717, 1.165) is 35.6 Å². The van der Waals surface area contributed by atoms with Crippen LogP contribution in [0.3, 0.4) is 0 Å². The summed E-state index contributed by atoms with van der Waals surface area (Å²) >= 11 is 0. The van der Waals surface area contributed by atoms with Crippen LogP contribution in [0.4, 0.5) is 10.1 Å². The molecule has 0 aromatic heterocycles. The highest BCUT2D eigenvalue weighted by Crippen LogP contribution is 2.32. The lowest BCUT2D eigenvalue weighted by molar-refractivity contribution is -0.140. The van der Waals surface area contributed by atoms with Crippen molar-refractivity contribution in [2.45, 2.75) is 55.6 Å². The van der Waals surface area contributed by atoms with Crippen molar-refractivity contribution in [1.29, 1.82) is 0 Å². The van der Waals surface area contributed by atoms with E-state index in [1.165, 1.54) is 36.3 Å². The molecule has 0 aliphatic heterocycles. The molecule has 0 saturated heterocycles. The summed E-state index contributed by atoms with van der Waals surface area (Å²) in [6.07, 6.45) is 3.93. The van der Waals surface area contributed by atoms with Gasteiger partial charge in [0.15, 0.2) is 0 Å². The van der Waals surface area contributed by atoms with Gasteiger partial charge in [0.2, 0.25) is 11.8 Å². The Kier molecular flexibility index (Phi) is 10.7. The minimum absolute atomic E-state index is 0.00129. The zero-order valence-electron chi connectivity index (χ0n) is 25.7. The predicted molar refractivity (Wildman–Crippen MR) is 175 cm³/mol.